The smallest absolute Gasteiger partial charge is 0.161 e. The number of anilines is 1. The van der Waals surface area contributed by atoms with Gasteiger partial charge in [0, 0.05) is 23.7 Å². The number of rotatable bonds is 5. The van der Waals surface area contributed by atoms with Gasteiger partial charge in [0.2, 0.25) is 0 Å². The monoisotopic (exact) mass is 399 g/mol. The zero-order valence-corrected chi connectivity index (χ0v) is 14.5. The Labute approximate surface area is 135 Å². The predicted molar refractivity (Wildman–Crippen MR) is 87.7 cm³/mol. The van der Waals surface area contributed by atoms with E-state index in [4.69, 9.17) is 4.74 Å². The van der Waals surface area contributed by atoms with Crippen LogP contribution in [0.25, 0.3) is 11.4 Å². The molecule has 0 atom stereocenters. The van der Waals surface area contributed by atoms with Crippen molar-refractivity contribution in [3.05, 3.63) is 38.9 Å². The van der Waals surface area contributed by atoms with E-state index in [1.165, 1.54) is 0 Å². The van der Waals surface area contributed by atoms with Gasteiger partial charge in [0.1, 0.15) is 5.82 Å². The van der Waals surface area contributed by atoms with Crippen LogP contribution < -0.4 is 5.32 Å². The molecule has 6 heteroatoms. The molecule has 2 aromatic rings. The van der Waals surface area contributed by atoms with Gasteiger partial charge in [0.25, 0.3) is 0 Å². The van der Waals surface area contributed by atoms with Crippen molar-refractivity contribution in [2.24, 2.45) is 0 Å². The first kappa shape index (κ1) is 15.4. The normalized spacial score (nSPS) is 10.6. The van der Waals surface area contributed by atoms with E-state index in [1.807, 2.05) is 31.2 Å². The highest BCUT2D eigenvalue weighted by atomic mass is 79.9. The molecule has 0 amide bonds. The van der Waals surface area contributed by atoms with Gasteiger partial charge in [-0.2, -0.15) is 0 Å². The van der Waals surface area contributed by atoms with Gasteiger partial charge in [-0.1, -0.05) is 28.1 Å². The molecule has 1 aromatic carbocycles. The van der Waals surface area contributed by atoms with Crippen molar-refractivity contribution in [1.29, 1.82) is 0 Å². The van der Waals surface area contributed by atoms with Gasteiger partial charge in [-0.15, -0.1) is 0 Å². The number of hydrogen-bond acceptors (Lipinski definition) is 4. The molecule has 0 spiro atoms. The number of hydrogen-bond donors (Lipinski definition) is 1. The highest BCUT2D eigenvalue weighted by molar-refractivity contribution is 9.11. The van der Waals surface area contributed by atoms with Crippen LogP contribution in [0.5, 0.6) is 0 Å². The van der Waals surface area contributed by atoms with Crippen molar-refractivity contribution < 1.29 is 4.74 Å². The van der Waals surface area contributed by atoms with E-state index in [2.05, 4.69) is 47.1 Å². The van der Waals surface area contributed by atoms with Crippen LogP contribution in [0.3, 0.4) is 0 Å². The standard InChI is InChI=1S/C14H15Br2N3O/c1-3-17-14-12(16)11(8-20-2)18-13(19-14)9-4-6-10(15)7-5-9/h4-7H,3,8H2,1-2H3,(H,17,18,19). The maximum absolute atomic E-state index is 5.20. The number of benzene rings is 1. The Balaban J connectivity index is 2.49. The van der Waals surface area contributed by atoms with Crippen LogP contribution in [0.4, 0.5) is 5.82 Å². The molecule has 0 aliphatic heterocycles. The Bertz CT molecular complexity index is 560. The van der Waals surface area contributed by atoms with Crippen molar-refractivity contribution in [3.63, 3.8) is 0 Å². The number of nitrogens with zero attached hydrogens (tertiary/aromatic N) is 2. The first-order valence-corrected chi connectivity index (χ1v) is 7.79. The Morgan fingerprint density at radius 3 is 2.45 bits per heavy atom. The maximum atomic E-state index is 5.20. The largest absolute Gasteiger partial charge is 0.378 e. The van der Waals surface area contributed by atoms with E-state index in [9.17, 15) is 0 Å². The molecule has 0 fully saturated rings. The zero-order valence-electron chi connectivity index (χ0n) is 11.3. The summed E-state index contributed by atoms with van der Waals surface area (Å²) >= 11 is 6.95. The lowest BCUT2D eigenvalue weighted by molar-refractivity contribution is 0.181. The van der Waals surface area contributed by atoms with Crippen molar-refractivity contribution in [2.45, 2.75) is 13.5 Å². The quantitative estimate of drug-likeness (QED) is 0.814. The summed E-state index contributed by atoms with van der Waals surface area (Å²) < 4.78 is 7.08. The first-order chi connectivity index (χ1) is 9.65. The molecule has 20 heavy (non-hydrogen) atoms. The number of halogens is 2. The van der Waals surface area contributed by atoms with E-state index < -0.39 is 0 Å². The maximum Gasteiger partial charge on any atom is 0.161 e. The number of methoxy groups -OCH3 is 1. The topological polar surface area (TPSA) is 47.0 Å². The third kappa shape index (κ3) is 3.56. The summed E-state index contributed by atoms with van der Waals surface area (Å²) in [7, 11) is 1.65. The molecule has 0 unspecified atom stereocenters. The third-order valence-electron chi connectivity index (χ3n) is 2.65. The van der Waals surface area contributed by atoms with Gasteiger partial charge in [0.05, 0.1) is 16.8 Å². The molecule has 0 bridgehead atoms. The average Bonchev–Trinajstić information content (AvgIpc) is 2.44. The molecule has 0 aliphatic rings. The molecule has 0 saturated carbocycles. The van der Waals surface area contributed by atoms with E-state index in [1.54, 1.807) is 7.11 Å². The SMILES string of the molecule is CCNc1nc(-c2ccc(Br)cc2)nc(COC)c1Br. The minimum atomic E-state index is 0.436. The van der Waals surface area contributed by atoms with Crippen molar-refractivity contribution in [3.8, 4) is 11.4 Å². The van der Waals surface area contributed by atoms with Crippen molar-refractivity contribution in [1.82, 2.24) is 9.97 Å². The molecule has 1 heterocycles. The Morgan fingerprint density at radius 1 is 1.15 bits per heavy atom. The van der Waals surface area contributed by atoms with Gasteiger partial charge in [-0.25, -0.2) is 9.97 Å². The lowest BCUT2D eigenvalue weighted by Crippen LogP contribution is -2.06. The summed E-state index contributed by atoms with van der Waals surface area (Å²) in [5, 5.41) is 3.23. The van der Waals surface area contributed by atoms with E-state index >= 15 is 0 Å². The fourth-order valence-electron chi connectivity index (χ4n) is 1.74. The second kappa shape index (κ2) is 7.15. The second-order valence-electron chi connectivity index (χ2n) is 4.13. The van der Waals surface area contributed by atoms with Crippen LogP contribution in [0, 0.1) is 0 Å². The molecule has 0 aliphatic carbocycles. The summed E-state index contributed by atoms with van der Waals surface area (Å²) in [5.41, 5.74) is 1.80. The molecule has 4 nitrogen and oxygen atoms in total. The molecule has 1 aromatic heterocycles. The van der Waals surface area contributed by atoms with Crippen LogP contribution in [0.15, 0.2) is 33.2 Å². The van der Waals surface area contributed by atoms with E-state index in [0.717, 1.165) is 32.6 Å². The summed E-state index contributed by atoms with van der Waals surface area (Å²) in [6.07, 6.45) is 0. The fourth-order valence-corrected chi connectivity index (χ4v) is 2.43. The lowest BCUT2D eigenvalue weighted by Gasteiger charge is -2.12. The average molecular weight is 401 g/mol. The van der Waals surface area contributed by atoms with Crippen LogP contribution in [-0.2, 0) is 11.3 Å². The van der Waals surface area contributed by atoms with Gasteiger partial charge in [0.15, 0.2) is 5.82 Å². The first-order valence-electron chi connectivity index (χ1n) is 6.20. The summed E-state index contributed by atoms with van der Waals surface area (Å²) in [5.74, 6) is 1.47. The predicted octanol–water partition coefficient (Wildman–Crippen LogP) is 4.25. The summed E-state index contributed by atoms with van der Waals surface area (Å²) in [4.78, 5) is 9.13. The number of nitrogens with one attached hydrogen (secondary N) is 1. The van der Waals surface area contributed by atoms with Gasteiger partial charge in [-0.05, 0) is 35.0 Å². The molecular weight excluding hydrogens is 386 g/mol. The highest BCUT2D eigenvalue weighted by Crippen LogP contribution is 2.28. The Hall–Kier alpha value is -0.980. The number of ether oxygens (including phenoxy) is 1. The third-order valence-corrected chi connectivity index (χ3v) is 4.01. The lowest BCUT2D eigenvalue weighted by atomic mass is 10.2. The zero-order chi connectivity index (χ0) is 14.5. The van der Waals surface area contributed by atoms with E-state index in [0.29, 0.717) is 12.4 Å². The molecular formula is C14H15Br2N3O. The Kier molecular flexibility index (Phi) is 5.51. The van der Waals surface area contributed by atoms with Gasteiger partial charge in [-0.3, -0.25) is 0 Å². The number of aromatic nitrogens is 2. The molecule has 0 radical (unpaired) electrons. The molecule has 1 N–H and O–H groups in total. The molecule has 0 saturated heterocycles. The molecule has 2 rings (SSSR count). The van der Waals surface area contributed by atoms with Crippen LogP contribution >= 0.6 is 31.9 Å². The van der Waals surface area contributed by atoms with Crippen LogP contribution in [0.1, 0.15) is 12.6 Å². The summed E-state index contributed by atoms with van der Waals surface area (Å²) in [6.45, 7) is 3.26. The minimum absolute atomic E-state index is 0.436. The van der Waals surface area contributed by atoms with Crippen molar-refractivity contribution in [2.75, 3.05) is 19.0 Å². The van der Waals surface area contributed by atoms with Gasteiger partial charge >= 0.3 is 0 Å². The van der Waals surface area contributed by atoms with Gasteiger partial charge < -0.3 is 10.1 Å². The second-order valence-corrected chi connectivity index (χ2v) is 5.84. The fraction of sp³-hybridized carbons (Fsp3) is 0.286. The highest BCUT2D eigenvalue weighted by Gasteiger charge is 2.13. The van der Waals surface area contributed by atoms with E-state index in [-0.39, 0.29) is 0 Å². The minimum Gasteiger partial charge on any atom is -0.378 e. The summed E-state index contributed by atoms with van der Waals surface area (Å²) in [6, 6.07) is 7.92. The molecule has 106 valence electrons. The Morgan fingerprint density at radius 2 is 1.85 bits per heavy atom. The van der Waals surface area contributed by atoms with Crippen LogP contribution in [-0.4, -0.2) is 23.6 Å². The van der Waals surface area contributed by atoms with Crippen molar-refractivity contribution >= 4 is 37.7 Å². The van der Waals surface area contributed by atoms with Crippen LogP contribution in [0.2, 0.25) is 0 Å².